The number of fused-ring (bicyclic) bond motifs is 1. The smallest absolute Gasteiger partial charge is 0.128 e. The van der Waals surface area contributed by atoms with Crippen LogP contribution in [0.2, 0.25) is 0 Å². The maximum atomic E-state index is 12.7. The number of hydrogen-bond donors (Lipinski definition) is 1. The minimum Gasteiger partial charge on any atom is -0.487 e. The first kappa shape index (κ1) is 7.55. The SMILES string of the molecule is CC1Oc2cc(F)ccc2C1O. The van der Waals surface area contributed by atoms with Crippen molar-refractivity contribution in [3.05, 3.63) is 29.6 Å². The van der Waals surface area contributed by atoms with Crippen LogP contribution in [0.4, 0.5) is 4.39 Å². The number of hydrogen-bond acceptors (Lipinski definition) is 2. The summed E-state index contributed by atoms with van der Waals surface area (Å²) in [7, 11) is 0. The van der Waals surface area contributed by atoms with Gasteiger partial charge in [-0.1, -0.05) is 0 Å². The number of ether oxygens (including phenoxy) is 1. The van der Waals surface area contributed by atoms with Gasteiger partial charge in [0, 0.05) is 11.6 Å². The molecule has 2 nitrogen and oxygen atoms in total. The van der Waals surface area contributed by atoms with Crippen molar-refractivity contribution in [3.63, 3.8) is 0 Å². The average Bonchev–Trinajstić information content (AvgIpc) is 2.28. The summed E-state index contributed by atoms with van der Waals surface area (Å²) in [5.74, 6) is 0.116. The standard InChI is InChI=1S/C9H9FO2/c1-5-9(11)7-3-2-6(10)4-8(7)12-5/h2-5,9,11H,1H3. The van der Waals surface area contributed by atoms with Crippen molar-refractivity contribution in [2.75, 3.05) is 0 Å². The van der Waals surface area contributed by atoms with E-state index in [1.165, 1.54) is 12.1 Å². The second-order valence-corrected chi connectivity index (χ2v) is 2.95. The van der Waals surface area contributed by atoms with E-state index in [-0.39, 0.29) is 11.9 Å². The molecular weight excluding hydrogens is 159 g/mol. The van der Waals surface area contributed by atoms with Crippen LogP contribution in [0.5, 0.6) is 5.75 Å². The molecule has 0 saturated carbocycles. The third kappa shape index (κ3) is 0.975. The topological polar surface area (TPSA) is 29.5 Å². The van der Waals surface area contributed by atoms with Gasteiger partial charge in [0.05, 0.1) is 0 Å². The van der Waals surface area contributed by atoms with E-state index in [2.05, 4.69) is 0 Å². The minimum absolute atomic E-state index is 0.276. The molecule has 0 bridgehead atoms. The Morgan fingerprint density at radius 3 is 3.00 bits per heavy atom. The van der Waals surface area contributed by atoms with Gasteiger partial charge in [-0.2, -0.15) is 0 Å². The number of halogens is 1. The van der Waals surface area contributed by atoms with Gasteiger partial charge in [-0.15, -0.1) is 0 Å². The summed E-state index contributed by atoms with van der Waals surface area (Å²) in [6, 6.07) is 4.17. The molecular formula is C9H9FO2. The van der Waals surface area contributed by atoms with Crippen LogP contribution in [0.3, 0.4) is 0 Å². The lowest BCUT2D eigenvalue weighted by Crippen LogP contribution is -2.12. The molecule has 2 atom stereocenters. The zero-order chi connectivity index (χ0) is 8.72. The Hall–Kier alpha value is -1.09. The van der Waals surface area contributed by atoms with Crippen molar-refractivity contribution in [1.29, 1.82) is 0 Å². The van der Waals surface area contributed by atoms with E-state index in [1.807, 2.05) is 0 Å². The van der Waals surface area contributed by atoms with Gasteiger partial charge in [0.25, 0.3) is 0 Å². The van der Waals surface area contributed by atoms with Gasteiger partial charge < -0.3 is 9.84 Å². The lowest BCUT2D eigenvalue weighted by Gasteiger charge is -2.06. The van der Waals surface area contributed by atoms with Gasteiger partial charge in [0.15, 0.2) is 0 Å². The first-order valence-electron chi connectivity index (χ1n) is 3.82. The first-order chi connectivity index (χ1) is 5.68. The van der Waals surface area contributed by atoms with Crippen molar-refractivity contribution < 1.29 is 14.2 Å². The van der Waals surface area contributed by atoms with Crippen molar-refractivity contribution >= 4 is 0 Å². The summed E-state index contributed by atoms with van der Waals surface area (Å²) >= 11 is 0. The van der Waals surface area contributed by atoms with Gasteiger partial charge in [0.2, 0.25) is 0 Å². The maximum Gasteiger partial charge on any atom is 0.128 e. The predicted molar refractivity (Wildman–Crippen MR) is 41.4 cm³/mol. The van der Waals surface area contributed by atoms with Crippen LogP contribution in [0.15, 0.2) is 18.2 Å². The Morgan fingerprint density at radius 1 is 1.50 bits per heavy atom. The van der Waals surface area contributed by atoms with Crippen LogP contribution in [-0.4, -0.2) is 11.2 Å². The van der Waals surface area contributed by atoms with Crippen LogP contribution in [0.25, 0.3) is 0 Å². The normalized spacial score (nSPS) is 26.6. The Balaban J connectivity index is 2.47. The Morgan fingerprint density at radius 2 is 2.25 bits per heavy atom. The summed E-state index contributed by atoms with van der Waals surface area (Å²) in [5, 5.41) is 9.49. The van der Waals surface area contributed by atoms with Gasteiger partial charge >= 0.3 is 0 Å². The van der Waals surface area contributed by atoms with Crippen LogP contribution in [0.1, 0.15) is 18.6 Å². The first-order valence-corrected chi connectivity index (χ1v) is 3.82. The molecule has 1 aromatic carbocycles. The molecule has 0 aliphatic carbocycles. The molecule has 0 saturated heterocycles. The number of rotatable bonds is 0. The van der Waals surface area contributed by atoms with Crippen molar-refractivity contribution in [2.24, 2.45) is 0 Å². The number of aliphatic hydroxyl groups excluding tert-OH is 1. The summed E-state index contributed by atoms with van der Waals surface area (Å²) in [6.07, 6.45) is -0.901. The second kappa shape index (κ2) is 2.45. The number of aliphatic hydroxyl groups is 1. The maximum absolute atomic E-state index is 12.7. The van der Waals surface area contributed by atoms with E-state index < -0.39 is 6.10 Å². The Kier molecular flexibility index (Phi) is 1.54. The van der Waals surface area contributed by atoms with Crippen LogP contribution < -0.4 is 4.74 Å². The predicted octanol–water partition coefficient (Wildman–Crippen LogP) is 1.64. The van der Waals surface area contributed by atoms with Crippen LogP contribution in [-0.2, 0) is 0 Å². The van der Waals surface area contributed by atoms with E-state index in [4.69, 9.17) is 4.74 Å². The highest BCUT2D eigenvalue weighted by molar-refractivity contribution is 5.39. The van der Waals surface area contributed by atoms with Crippen LogP contribution >= 0.6 is 0 Å². The number of benzene rings is 1. The van der Waals surface area contributed by atoms with E-state index in [1.54, 1.807) is 13.0 Å². The second-order valence-electron chi connectivity index (χ2n) is 2.95. The molecule has 0 spiro atoms. The fourth-order valence-corrected chi connectivity index (χ4v) is 1.37. The highest BCUT2D eigenvalue weighted by Crippen LogP contribution is 2.36. The lowest BCUT2D eigenvalue weighted by atomic mass is 10.1. The molecule has 0 aromatic heterocycles. The third-order valence-corrected chi connectivity index (χ3v) is 2.05. The van der Waals surface area contributed by atoms with Crippen molar-refractivity contribution in [1.82, 2.24) is 0 Å². The lowest BCUT2D eigenvalue weighted by molar-refractivity contribution is 0.0795. The van der Waals surface area contributed by atoms with E-state index in [0.717, 1.165) is 0 Å². The minimum atomic E-state index is -0.624. The van der Waals surface area contributed by atoms with E-state index >= 15 is 0 Å². The summed E-state index contributed by atoms with van der Waals surface area (Å²) < 4.78 is 17.9. The molecule has 2 unspecified atom stereocenters. The Bertz CT molecular complexity index is 311. The third-order valence-electron chi connectivity index (χ3n) is 2.05. The largest absolute Gasteiger partial charge is 0.487 e. The van der Waals surface area contributed by atoms with Gasteiger partial charge in [-0.25, -0.2) is 4.39 Å². The fourth-order valence-electron chi connectivity index (χ4n) is 1.37. The molecule has 0 fully saturated rings. The molecule has 3 heteroatoms. The fraction of sp³-hybridized carbons (Fsp3) is 0.333. The zero-order valence-electron chi connectivity index (χ0n) is 6.62. The summed E-state index contributed by atoms with van der Waals surface area (Å²) in [4.78, 5) is 0. The Labute approximate surface area is 69.6 Å². The van der Waals surface area contributed by atoms with Crippen LogP contribution in [0, 0.1) is 5.82 Å². The molecule has 0 radical (unpaired) electrons. The van der Waals surface area contributed by atoms with Gasteiger partial charge in [0.1, 0.15) is 23.8 Å². The molecule has 1 aromatic rings. The zero-order valence-corrected chi connectivity index (χ0v) is 6.62. The highest BCUT2D eigenvalue weighted by atomic mass is 19.1. The van der Waals surface area contributed by atoms with Crippen molar-refractivity contribution in [3.8, 4) is 5.75 Å². The van der Waals surface area contributed by atoms with Gasteiger partial charge in [-0.3, -0.25) is 0 Å². The summed E-state index contributed by atoms with van der Waals surface area (Å²) in [5.41, 5.74) is 0.670. The van der Waals surface area contributed by atoms with Crippen molar-refractivity contribution in [2.45, 2.75) is 19.1 Å². The molecule has 1 heterocycles. The summed E-state index contributed by atoms with van der Waals surface area (Å²) in [6.45, 7) is 1.75. The molecule has 1 aliphatic rings. The molecule has 12 heavy (non-hydrogen) atoms. The quantitative estimate of drug-likeness (QED) is 0.638. The van der Waals surface area contributed by atoms with E-state index in [0.29, 0.717) is 11.3 Å². The van der Waals surface area contributed by atoms with E-state index in [9.17, 15) is 9.50 Å². The molecule has 2 rings (SSSR count). The molecule has 1 N–H and O–H groups in total. The van der Waals surface area contributed by atoms with Gasteiger partial charge in [-0.05, 0) is 19.1 Å². The highest BCUT2D eigenvalue weighted by Gasteiger charge is 2.29. The molecule has 64 valence electrons. The average molecular weight is 168 g/mol. The molecule has 0 amide bonds. The molecule has 1 aliphatic heterocycles. The monoisotopic (exact) mass is 168 g/mol.